The molecule has 0 bridgehead atoms. The SMILES string of the molecule is COC(=O)c1c(NC(=O)CSc2cccc(NC(=O)/C(=C\c3c(F)cccc3Cl)NC(=O)c3ccccc3)c2)sc2c1CCN(Cc1ccccc1)C2. The first-order valence-corrected chi connectivity index (χ1v) is 18.7. The van der Waals surface area contributed by atoms with Gasteiger partial charge in [0, 0.05) is 46.2 Å². The van der Waals surface area contributed by atoms with Crippen LogP contribution < -0.4 is 16.0 Å². The molecule has 9 nitrogen and oxygen atoms in total. The number of rotatable bonds is 12. The van der Waals surface area contributed by atoms with Gasteiger partial charge in [-0.2, -0.15) is 0 Å². The van der Waals surface area contributed by atoms with E-state index < -0.39 is 23.6 Å². The van der Waals surface area contributed by atoms with E-state index in [9.17, 15) is 23.6 Å². The lowest BCUT2D eigenvalue weighted by Gasteiger charge is -2.27. The predicted octanol–water partition coefficient (Wildman–Crippen LogP) is 8.03. The molecule has 0 unspecified atom stereocenters. The maximum atomic E-state index is 14.7. The van der Waals surface area contributed by atoms with E-state index in [2.05, 4.69) is 33.0 Å². The Morgan fingerprint density at radius 1 is 0.943 bits per heavy atom. The van der Waals surface area contributed by atoms with Crippen molar-refractivity contribution in [3.05, 3.63) is 152 Å². The maximum Gasteiger partial charge on any atom is 0.341 e. The second kappa shape index (κ2) is 17.5. The minimum atomic E-state index is -0.715. The number of nitrogens with zero attached hydrogens (tertiary/aromatic N) is 1. The van der Waals surface area contributed by atoms with Crippen molar-refractivity contribution in [2.24, 2.45) is 0 Å². The molecule has 4 aromatic carbocycles. The van der Waals surface area contributed by atoms with E-state index in [1.54, 1.807) is 54.6 Å². The fourth-order valence-electron chi connectivity index (χ4n) is 5.75. The average molecular weight is 769 g/mol. The highest BCUT2D eigenvalue weighted by atomic mass is 35.5. The first-order chi connectivity index (χ1) is 25.7. The second-order valence-electron chi connectivity index (χ2n) is 12.0. The van der Waals surface area contributed by atoms with Crippen molar-refractivity contribution in [1.82, 2.24) is 10.2 Å². The monoisotopic (exact) mass is 768 g/mol. The summed E-state index contributed by atoms with van der Waals surface area (Å²) in [6.07, 6.45) is 1.84. The largest absolute Gasteiger partial charge is 0.465 e. The molecular weight excluding hydrogens is 735 g/mol. The zero-order chi connectivity index (χ0) is 37.3. The van der Waals surface area contributed by atoms with Crippen molar-refractivity contribution < 1.29 is 28.3 Å². The van der Waals surface area contributed by atoms with Gasteiger partial charge in [0.15, 0.2) is 0 Å². The van der Waals surface area contributed by atoms with Gasteiger partial charge in [-0.1, -0.05) is 72.3 Å². The highest BCUT2D eigenvalue weighted by Crippen LogP contribution is 2.38. The van der Waals surface area contributed by atoms with Crippen molar-refractivity contribution >= 4 is 75.2 Å². The van der Waals surface area contributed by atoms with Crippen LogP contribution in [-0.2, 0) is 33.8 Å². The Hall–Kier alpha value is -5.27. The molecule has 270 valence electrons. The van der Waals surface area contributed by atoms with Crippen LogP contribution in [-0.4, -0.2) is 48.0 Å². The number of nitrogens with one attached hydrogen (secondary N) is 3. The van der Waals surface area contributed by atoms with Gasteiger partial charge in [-0.3, -0.25) is 19.3 Å². The number of ether oxygens (including phenoxy) is 1. The molecule has 0 fully saturated rings. The molecule has 1 aromatic heterocycles. The van der Waals surface area contributed by atoms with Crippen molar-refractivity contribution in [2.45, 2.75) is 24.4 Å². The van der Waals surface area contributed by atoms with Gasteiger partial charge in [0.25, 0.3) is 11.8 Å². The van der Waals surface area contributed by atoms with Crippen LogP contribution in [0.4, 0.5) is 15.1 Å². The summed E-state index contributed by atoms with van der Waals surface area (Å²) in [4.78, 5) is 56.6. The van der Waals surface area contributed by atoms with Crippen LogP contribution in [0.2, 0.25) is 5.02 Å². The highest BCUT2D eigenvalue weighted by molar-refractivity contribution is 8.00. The van der Waals surface area contributed by atoms with Gasteiger partial charge in [0.05, 0.1) is 23.4 Å². The molecule has 0 saturated carbocycles. The number of fused-ring (bicyclic) bond motifs is 1. The van der Waals surface area contributed by atoms with E-state index >= 15 is 0 Å². The Labute approximate surface area is 319 Å². The van der Waals surface area contributed by atoms with Crippen molar-refractivity contribution in [3.8, 4) is 0 Å². The number of thiophene rings is 1. The topological polar surface area (TPSA) is 117 Å². The number of hydrogen-bond acceptors (Lipinski definition) is 8. The third-order valence-electron chi connectivity index (χ3n) is 8.31. The maximum absolute atomic E-state index is 14.7. The van der Waals surface area contributed by atoms with Crippen LogP contribution in [0.3, 0.4) is 0 Å². The zero-order valence-corrected chi connectivity index (χ0v) is 30.9. The number of anilines is 2. The lowest BCUT2D eigenvalue weighted by molar-refractivity contribution is -0.114. The summed E-state index contributed by atoms with van der Waals surface area (Å²) in [5, 5.41) is 8.76. The Morgan fingerprint density at radius 2 is 1.68 bits per heavy atom. The third kappa shape index (κ3) is 9.59. The van der Waals surface area contributed by atoms with Crippen LogP contribution in [0.25, 0.3) is 6.08 Å². The minimum Gasteiger partial charge on any atom is -0.465 e. The van der Waals surface area contributed by atoms with E-state index in [0.717, 1.165) is 23.5 Å². The normalized spacial score (nSPS) is 12.8. The molecule has 0 spiro atoms. The molecule has 2 heterocycles. The van der Waals surface area contributed by atoms with Crippen LogP contribution >= 0.6 is 34.7 Å². The Kier molecular flexibility index (Phi) is 12.4. The molecule has 0 atom stereocenters. The van der Waals surface area contributed by atoms with Crippen molar-refractivity contribution in [2.75, 3.05) is 30.0 Å². The molecule has 5 aromatic rings. The Morgan fingerprint density at radius 3 is 2.42 bits per heavy atom. The minimum absolute atomic E-state index is 0.0186. The Balaban J connectivity index is 1.12. The van der Waals surface area contributed by atoms with E-state index in [4.69, 9.17) is 16.3 Å². The third-order valence-corrected chi connectivity index (χ3v) is 10.8. The van der Waals surface area contributed by atoms with Gasteiger partial charge >= 0.3 is 5.97 Å². The summed E-state index contributed by atoms with van der Waals surface area (Å²) in [7, 11) is 1.33. The average Bonchev–Trinajstić information content (AvgIpc) is 3.52. The molecule has 3 N–H and O–H groups in total. The number of amides is 3. The highest BCUT2D eigenvalue weighted by Gasteiger charge is 2.29. The molecule has 0 radical (unpaired) electrons. The number of benzene rings is 4. The Bertz CT molecular complexity index is 2160. The first kappa shape index (κ1) is 37.5. The molecule has 3 amide bonds. The number of carbonyl (C=O) groups is 4. The fourth-order valence-corrected chi connectivity index (χ4v) is 8.01. The summed E-state index contributed by atoms with van der Waals surface area (Å²) in [6, 6.07) is 29.4. The lowest BCUT2D eigenvalue weighted by atomic mass is 10.0. The number of methoxy groups -OCH3 is 1. The summed E-state index contributed by atoms with van der Waals surface area (Å²) in [5.74, 6) is -2.74. The molecule has 6 rings (SSSR count). The van der Waals surface area contributed by atoms with E-state index in [1.165, 1.54) is 60.0 Å². The number of carbonyl (C=O) groups excluding carboxylic acids is 4. The molecule has 0 aliphatic carbocycles. The van der Waals surface area contributed by atoms with Gasteiger partial charge in [0.2, 0.25) is 5.91 Å². The van der Waals surface area contributed by atoms with Crippen LogP contribution in [0, 0.1) is 5.82 Å². The molecular formula is C40H34ClFN4O5S2. The molecule has 0 saturated heterocycles. The second-order valence-corrected chi connectivity index (χ2v) is 14.5. The van der Waals surface area contributed by atoms with Crippen LogP contribution in [0.1, 0.15) is 42.3 Å². The predicted molar refractivity (Wildman–Crippen MR) is 208 cm³/mol. The van der Waals surface area contributed by atoms with Gasteiger partial charge in [0.1, 0.15) is 16.5 Å². The summed E-state index contributed by atoms with van der Waals surface area (Å²) in [5.41, 5.74) is 2.89. The molecule has 1 aliphatic heterocycles. The van der Waals surface area contributed by atoms with Gasteiger partial charge in [-0.15, -0.1) is 23.1 Å². The van der Waals surface area contributed by atoms with Gasteiger partial charge in [-0.05, 0) is 66.1 Å². The fraction of sp³-hybridized carbons (Fsp3) is 0.150. The van der Waals surface area contributed by atoms with Crippen LogP contribution in [0.5, 0.6) is 0 Å². The quantitative estimate of drug-likeness (QED) is 0.0669. The van der Waals surface area contributed by atoms with E-state index in [1.807, 2.05) is 18.2 Å². The number of halogens is 2. The van der Waals surface area contributed by atoms with Gasteiger partial charge in [-0.25, -0.2) is 9.18 Å². The summed E-state index contributed by atoms with van der Waals surface area (Å²) >= 11 is 8.85. The molecule has 13 heteroatoms. The van der Waals surface area contributed by atoms with E-state index in [-0.39, 0.29) is 27.9 Å². The van der Waals surface area contributed by atoms with Crippen molar-refractivity contribution in [1.29, 1.82) is 0 Å². The van der Waals surface area contributed by atoms with Crippen LogP contribution in [0.15, 0.2) is 114 Å². The first-order valence-electron chi connectivity index (χ1n) is 16.5. The standard InChI is InChI=1S/C40H34ClFN4O5S2/c1-51-40(50)36-29-18-19-46(22-25-10-4-2-5-11-25)23-34(29)53-39(36)45-35(47)24-52-28-15-8-14-27(20-28)43-38(49)33(21-30-31(41)16-9-17-32(30)42)44-37(48)26-12-6-3-7-13-26/h2-17,20-21H,18-19,22-24H2,1H3,(H,43,49)(H,44,48)(H,45,47)/b33-21+. The van der Waals surface area contributed by atoms with E-state index in [0.29, 0.717) is 39.7 Å². The summed E-state index contributed by atoms with van der Waals surface area (Å²) < 4.78 is 19.8. The molecule has 53 heavy (non-hydrogen) atoms. The smallest absolute Gasteiger partial charge is 0.341 e. The number of hydrogen-bond donors (Lipinski definition) is 3. The number of esters is 1. The van der Waals surface area contributed by atoms with Crippen molar-refractivity contribution in [3.63, 3.8) is 0 Å². The molecule has 1 aliphatic rings. The van der Waals surface area contributed by atoms with Gasteiger partial charge < -0.3 is 20.7 Å². The summed E-state index contributed by atoms with van der Waals surface area (Å²) in [6.45, 7) is 2.21. The lowest BCUT2D eigenvalue weighted by Crippen LogP contribution is -2.30. The number of thioether (sulfide) groups is 1. The zero-order valence-electron chi connectivity index (χ0n) is 28.5.